The fourth-order valence-corrected chi connectivity index (χ4v) is 5.32. The van der Waals surface area contributed by atoms with Crippen LogP contribution in [-0.2, 0) is 5.41 Å². The Morgan fingerprint density at radius 2 is 1.78 bits per heavy atom. The van der Waals surface area contributed by atoms with E-state index >= 15 is 0 Å². The number of nitrogens with two attached hydrogens (primary N) is 1. The molecule has 18 heavy (non-hydrogen) atoms. The van der Waals surface area contributed by atoms with Crippen LogP contribution in [0.15, 0.2) is 6.20 Å². The van der Waals surface area contributed by atoms with Crippen LogP contribution in [0.1, 0.15) is 54.6 Å². The highest BCUT2D eigenvalue weighted by Gasteiger charge is 2.52. The van der Waals surface area contributed by atoms with E-state index in [1.165, 1.54) is 38.5 Å². The number of carbonyl (C=O) groups is 1. The Labute approximate surface area is 106 Å². The summed E-state index contributed by atoms with van der Waals surface area (Å²) in [5.41, 5.74) is 7.25. The summed E-state index contributed by atoms with van der Waals surface area (Å²) in [7, 11) is 0. The number of amides is 1. The van der Waals surface area contributed by atoms with Crippen LogP contribution in [-0.4, -0.2) is 16.1 Å². The summed E-state index contributed by atoms with van der Waals surface area (Å²) in [6.07, 6.45) is 9.85. The molecule has 5 rings (SSSR count). The summed E-state index contributed by atoms with van der Waals surface area (Å²) >= 11 is 0. The Balaban J connectivity index is 1.79. The Bertz CT molecular complexity index is 470. The van der Waals surface area contributed by atoms with E-state index < -0.39 is 0 Å². The maximum Gasteiger partial charge on any atom is 0.269 e. The molecule has 0 spiro atoms. The van der Waals surface area contributed by atoms with Gasteiger partial charge in [-0.3, -0.25) is 9.89 Å². The van der Waals surface area contributed by atoms with Crippen LogP contribution in [0.5, 0.6) is 0 Å². The van der Waals surface area contributed by atoms with Crippen molar-refractivity contribution in [3.05, 3.63) is 17.5 Å². The van der Waals surface area contributed by atoms with Crippen molar-refractivity contribution in [2.45, 2.75) is 43.9 Å². The van der Waals surface area contributed by atoms with Gasteiger partial charge in [0.25, 0.3) is 5.91 Å². The molecule has 0 unspecified atom stereocenters. The summed E-state index contributed by atoms with van der Waals surface area (Å²) in [6, 6.07) is 0. The van der Waals surface area contributed by atoms with E-state index in [0.29, 0.717) is 5.69 Å². The van der Waals surface area contributed by atoms with E-state index in [-0.39, 0.29) is 11.3 Å². The highest BCUT2D eigenvalue weighted by Crippen LogP contribution is 2.60. The van der Waals surface area contributed by atoms with E-state index in [2.05, 4.69) is 10.2 Å². The number of hydrogen-bond acceptors (Lipinski definition) is 2. The van der Waals surface area contributed by atoms with Crippen LogP contribution >= 0.6 is 0 Å². The summed E-state index contributed by atoms with van der Waals surface area (Å²) < 4.78 is 0. The second-order valence-electron chi connectivity index (χ2n) is 6.71. The first-order valence-corrected chi connectivity index (χ1v) is 7.00. The van der Waals surface area contributed by atoms with Gasteiger partial charge >= 0.3 is 0 Å². The number of aromatic nitrogens is 2. The zero-order chi connectivity index (χ0) is 12.3. The fourth-order valence-electron chi connectivity index (χ4n) is 5.32. The van der Waals surface area contributed by atoms with Gasteiger partial charge in [0.2, 0.25) is 0 Å². The molecular weight excluding hydrogens is 226 g/mol. The lowest BCUT2D eigenvalue weighted by Crippen LogP contribution is -2.49. The molecule has 1 aromatic heterocycles. The van der Waals surface area contributed by atoms with Crippen LogP contribution in [0.4, 0.5) is 0 Å². The van der Waals surface area contributed by atoms with Gasteiger partial charge < -0.3 is 5.73 Å². The average Bonchev–Trinajstić information content (AvgIpc) is 2.76. The Kier molecular flexibility index (Phi) is 1.98. The highest BCUT2D eigenvalue weighted by molar-refractivity contribution is 5.92. The zero-order valence-corrected chi connectivity index (χ0v) is 10.5. The van der Waals surface area contributed by atoms with E-state index in [0.717, 1.165) is 23.3 Å². The number of nitrogens with zero attached hydrogens (tertiary/aromatic N) is 1. The lowest BCUT2D eigenvalue weighted by Gasteiger charge is -2.56. The molecule has 4 bridgehead atoms. The number of hydrogen-bond donors (Lipinski definition) is 2. The zero-order valence-electron chi connectivity index (χ0n) is 10.5. The molecule has 3 N–H and O–H groups in total. The molecule has 4 nitrogen and oxygen atoms in total. The molecule has 1 heterocycles. The SMILES string of the molecule is NC(=O)c1n[nH]cc1C12CC3CC(CC(C3)C1)C2. The molecule has 4 heteroatoms. The quantitative estimate of drug-likeness (QED) is 0.836. The second-order valence-corrected chi connectivity index (χ2v) is 6.71. The van der Waals surface area contributed by atoms with Crippen molar-refractivity contribution in [2.75, 3.05) is 0 Å². The highest BCUT2D eigenvalue weighted by atomic mass is 16.1. The van der Waals surface area contributed by atoms with Crippen molar-refractivity contribution in [1.82, 2.24) is 10.2 Å². The van der Waals surface area contributed by atoms with Crippen molar-refractivity contribution in [2.24, 2.45) is 23.5 Å². The lowest BCUT2D eigenvalue weighted by atomic mass is 9.48. The van der Waals surface area contributed by atoms with Crippen molar-refractivity contribution in [3.63, 3.8) is 0 Å². The minimum Gasteiger partial charge on any atom is -0.364 e. The first-order valence-electron chi connectivity index (χ1n) is 7.00. The number of carbonyl (C=O) groups excluding carboxylic acids is 1. The number of aromatic amines is 1. The van der Waals surface area contributed by atoms with E-state index in [4.69, 9.17) is 5.73 Å². The fraction of sp³-hybridized carbons (Fsp3) is 0.714. The summed E-state index contributed by atoms with van der Waals surface area (Å²) in [5, 5.41) is 6.93. The smallest absolute Gasteiger partial charge is 0.269 e. The van der Waals surface area contributed by atoms with E-state index in [1.54, 1.807) is 0 Å². The first-order chi connectivity index (χ1) is 8.66. The number of primary amides is 1. The monoisotopic (exact) mass is 245 g/mol. The third kappa shape index (κ3) is 1.32. The van der Waals surface area contributed by atoms with Gasteiger partial charge in [-0.25, -0.2) is 0 Å². The van der Waals surface area contributed by atoms with Crippen LogP contribution in [0.2, 0.25) is 0 Å². The Morgan fingerprint density at radius 3 is 2.28 bits per heavy atom. The molecule has 4 saturated carbocycles. The van der Waals surface area contributed by atoms with Crippen molar-refractivity contribution in [1.29, 1.82) is 0 Å². The van der Waals surface area contributed by atoms with Crippen LogP contribution in [0.3, 0.4) is 0 Å². The van der Waals surface area contributed by atoms with E-state index in [1.807, 2.05) is 6.20 Å². The molecule has 0 atom stereocenters. The third-order valence-electron chi connectivity index (χ3n) is 5.48. The predicted molar refractivity (Wildman–Crippen MR) is 67.0 cm³/mol. The number of H-pyrrole nitrogens is 1. The van der Waals surface area contributed by atoms with Crippen LogP contribution in [0.25, 0.3) is 0 Å². The molecule has 96 valence electrons. The predicted octanol–water partition coefficient (Wildman–Crippen LogP) is 1.98. The maximum absolute atomic E-state index is 11.5. The molecular formula is C14H19N3O. The molecule has 0 radical (unpaired) electrons. The normalized spacial score (nSPS) is 41.2. The first kappa shape index (κ1) is 10.6. The molecule has 0 aliphatic heterocycles. The van der Waals surface area contributed by atoms with Crippen molar-refractivity contribution >= 4 is 5.91 Å². The molecule has 0 aromatic carbocycles. The second kappa shape index (κ2) is 3.37. The summed E-state index contributed by atoms with van der Waals surface area (Å²) in [4.78, 5) is 11.5. The number of nitrogens with one attached hydrogen (secondary N) is 1. The maximum atomic E-state index is 11.5. The molecule has 1 amide bonds. The van der Waals surface area contributed by atoms with Crippen LogP contribution < -0.4 is 5.73 Å². The standard InChI is InChI=1S/C14H19N3O/c15-13(18)12-11(7-16-17-12)14-4-8-1-9(5-14)3-10(2-8)6-14/h7-10H,1-6H2,(H2,15,18)(H,16,17). The molecule has 1 aromatic rings. The third-order valence-corrected chi connectivity index (χ3v) is 5.48. The topological polar surface area (TPSA) is 71.8 Å². The molecule has 4 fully saturated rings. The van der Waals surface area contributed by atoms with E-state index in [9.17, 15) is 4.79 Å². The molecule has 0 saturated heterocycles. The summed E-state index contributed by atoms with van der Waals surface area (Å²) in [6.45, 7) is 0. The minimum absolute atomic E-state index is 0.201. The largest absolute Gasteiger partial charge is 0.364 e. The van der Waals surface area contributed by atoms with Gasteiger partial charge in [-0.05, 0) is 56.3 Å². The summed E-state index contributed by atoms with van der Waals surface area (Å²) in [5.74, 6) is 2.22. The van der Waals surface area contributed by atoms with Gasteiger partial charge in [0.15, 0.2) is 5.69 Å². The van der Waals surface area contributed by atoms with Gasteiger partial charge in [-0.15, -0.1) is 0 Å². The Hall–Kier alpha value is -1.32. The lowest BCUT2D eigenvalue weighted by molar-refractivity contribution is -0.00550. The minimum atomic E-state index is -0.387. The van der Waals surface area contributed by atoms with Gasteiger partial charge in [-0.1, -0.05) is 0 Å². The van der Waals surface area contributed by atoms with Gasteiger partial charge in [0.05, 0.1) is 0 Å². The van der Waals surface area contributed by atoms with Gasteiger partial charge in [0, 0.05) is 17.2 Å². The molecule has 4 aliphatic rings. The molecule has 4 aliphatic carbocycles. The van der Waals surface area contributed by atoms with Gasteiger partial charge in [0.1, 0.15) is 0 Å². The number of rotatable bonds is 2. The van der Waals surface area contributed by atoms with Gasteiger partial charge in [-0.2, -0.15) is 5.10 Å². The van der Waals surface area contributed by atoms with Crippen LogP contribution in [0, 0.1) is 17.8 Å². The van der Waals surface area contributed by atoms with Crippen molar-refractivity contribution in [3.8, 4) is 0 Å². The Morgan fingerprint density at radius 1 is 1.22 bits per heavy atom. The average molecular weight is 245 g/mol. The van der Waals surface area contributed by atoms with Crippen molar-refractivity contribution < 1.29 is 4.79 Å².